The zero-order chi connectivity index (χ0) is 16.9. The molecule has 1 saturated heterocycles. The number of hydrogen-bond donors (Lipinski definition) is 1. The van der Waals surface area contributed by atoms with Crippen molar-refractivity contribution in [2.75, 3.05) is 0 Å². The van der Waals surface area contributed by atoms with E-state index in [4.69, 9.17) is 16.0 Å². The first-order valence-electron chi connectivity index (χ1n) is 7.82. The highest BCUT2D eigenvalue weighted by molar-refractivity contribution is 6.30. The van der Waals surface area contributed by atoms with Crippen molar-refractivity contribution in [1.29, 1.82) is 0 Å². The van der Waals surface area contributed by atoms with Crippen LogP contribution in [0.1, 0.15) is 25.5 Å². The summed E-state index contributed by atoms with van der Waals surface area (Å²) in [6.07, 6.45) is 3.40. The maximum Gasteiger partial charge on any atom is 0.325 e. The number of rotatable bonds is 4. The van der Waals surface area contributed by atoms with E-state index in [1.807, 2.05) is 6.07 Å². The summed E-state index contributed by atoms with van der Waals surface area (Å²) < 4.78 is 5.46. The maximum absolute atomic E-state index is 12.6. The minimum Gasteiger partial charge on any atom is -0.444 e. The number of amides is 3. The number of nitrogens with one attached hydrogen (secondary N) is 1. The predicted octanol–water partition coefficient (Wildman–Crippen LogP) is 3.22. The van der Waals surface area contributed by atoms with Gasteiger partial charge in [0.05, 0.1) is 12.2 Å². The number of carbonyl (C=O) groups is 2. The fraction of sp³-hybridized carbons (Fsp3) is 0.353. The summed E-state index contributed by atoms with van der Waals surface area (Å²) in [5, 5.41) is 3.40. The summed E-state index contributed by atoms with van der Waals surface area (Å²) >= 11 is 5.97. The molecular weight excluding hydrogens is 330 g/mol. The van der Waals surface area contributed by atoms with E-state index in [0.29, 0.717) is 16.6 Å². The van der Waals surface area contributed by atoms with Crippen LogP contribution in [-0.4, -0.2) is 27.4 Å². The van der Waals surface area contributed by atoms with Gasteiger partial charge in [-0.3, -0.25) is 9.69 Å². The Hall–Kier alpha value is -2.34. The Balaban J connectivity index is 1.54. The van der Waals surface area contributed by atoms with Crippen LogP contribution in [0.25, 0.3) is 11.5 Å². The highest BCUT2D eigenvalue weighted by atomic mass is 35.5. The second-order valence-corrected chi connectivity index (χ2v) is 6.89. The molecule has 1 N–H and O–H groups in total. The van der Waals surface area contributed by atoms with Crippen LogP contribution in [0.5, 0.6) is 0 Å². The summed E-state index contributed by atoms with van der Waals surface area (Å²) in [6, 6.07) is 6.77. The van der Waals surface area contributed by atoms with Crippen LogP contribution in [0.2, 0.25) is 5.02 Å². The number of halogens is 1. The summed E-state index contributed by atoms with van der Waals surface area (Å²) in [5.74, 6) is 0.449. The molecule has 24 heavy (non-hydrogen) atoms. The maximum atomic E-state index is 12.6. The van der Waals surface area contributed by atoms with E-state index in [1.54, 1.807) is 25.1 Å². The highest BCUT2D eigenvalue weighted by Gasteiger charge is 2.55. The van der Waals surface area contributed by atoms with Crippen LogP contribution >= 0.6 is 11.6 Å². The fourth-order valence-electron chi connectivity index (χ4n) is 3.09. The summed E-state index contributed by atoms with van der Waals surface area (Å²) in [5.41, 5.74) is 0.485. The second kappa shape index (κ2) is 5.34. The van der Waals surface area contributed by atoms with Gasteiger partial charge in [-0.2, -0.15) is 0 Å². The SMILES string of the molecule is CC1(C2CC2)NC(=O)N(Cc2coc(-c3cccc(Cl)c3)n2)C1=O. The van der Waals surface area contributed by atoms with Gasteiger partial charge < -0.3 is 9.73 Å². The molecule has 0 spiro atoms. The Morgan fingerprint density at radius 2 is 2.21 bits per heavy atom. The van der Waals surface area contributed by atoms with Gasteiger partial charge in [-0.1, -0.05) is 17.7 Å². The number of aromatic nitrogens is 1. The van der Waals surface area contributed by atoms with Crippen LogP contribution in [0.15, 0.2) is 34.9 Å². The largest absolute Gasteiger partial charge is 0.444 e. The van der Waals surface area contributed by atoms with Gasteiger partial charge in [0.15, 0.2) is 0 Å². The third-order valence-electron chi connectivity index (χ3n) is 4.64. The number of benzene rings is 1. The lowest BCUT2D eigenvalue weighted by Gasteiger charge is -2.20. The molecule has 4 rings (SSSR count). The van der Waals surface area contributed by atoms with Crippen LogP contribution in [0.4, 0.5) is 4.79 Å². The molecule has 6 nitrogen and oxygen atoms in total. The van der Waals surface area contributed by atoms with Crippen LogP contribution in [-0.2, 0) is 11.3 Å². The Kier molecular flexibility index (Phi) is 3.38. The third kappa shape index (κ3) is 2.47. The zero-order valence-corrected chi connectivity index (χ0v) is 13.8. The average molecular weight is 346 g/mol. The van der Waals surface area contributed by atoms with Gasteiger partial charge in [0.2, 0.25) is 5.89 Å². The third-order valence-corrected chi connectivity index (χ3v) is 4.87. The van der Waals surface area contributed by atoms with E-state index in [9.17, 15) is 9.59 Å². The Morgan fingerprint density at radius 3 is 2.92 bits per heavy atom. The topological polar surface area (TPSA) is 75.4 Å². The number of nitrogens with zero attached hydrogens (tertiary/aromatic N) is 2. The van der Waals surface area contributed by atoms with Gasteiger partial charge in [-0.15, -0.1) is 0 Å². The van der Waals surface area contributed by atoms with Crippen molar-refractivity contribution in [3.63, 3.8) is 0 Å². The molecule has 1 saturated carbocycles. The molecule has 7 heteroatoms. The van der Waals surface area contributed by atoms with Crippen molar-refractivity contribution < 1.29 is 14.0 Å². The van der Waals surface area contributed by atoms with Crippen LogP contribution in [0.3, 0.4) is 0 Å². The number of oxazole rings is 1. The summed E-state index contributed by atoms with van der Waals surface area (Å²) in [6.45, 7) is 1.89. The van der Waals surface area contributed by atoms with Crippen LogP contribution in [0, 0.1) is 5.92 Å². The molecule has 1 atom stereocenters. The molecule has 0 bridgehead atoms. The zero-order valence-electron chi connectivity index (χ0n) is 13.1. The van der Waals surface area contributed by atoms with Gasteiger partial charge in [-0.25, -0.2) is 9.78 Å². The molecular formula is C17H16ClN3O3. The van der Waals surface area contributed by atoms with Crippen LogP contribution < -0.4 is 5.32 Å². The van der Waals surface area contributed by atoms with Gasteiger partial charge in [-0.05, 0) is 43.9 Å². The van der Waals surface area contributed by atoms with E-state index in [-0.39, 0.29) is 24.4 Å². The lowest BCUT2D eigenvalue weighted by atomic mass is 9.96. The number of imide groups is 1. The summed E-state index contributed by atoms with van der Waals surface area (Å²) in [7, 11) is 0. The van der Waals surface area contributed by atoms with Crippen molar-refractivity contribution in [2.24, 2.45) is 5.92 Å². The van der Waals surface area contributed by atoms with E-state index in [1.165, 1.54) is 11.2 Å². The molecule has 2 aromatic rings. The van der Waals surface area contributed by atoms with Crippen molar-refractivity contribution in [3.05, 3.63) is 41.2 Å². The first kappa shape index (κ1) is 15.2. The highest BCUT2D eigenvalue weighted by Crippen LogP contribution is 2.42. The molecule has 1 aromatic carbocycles. The molecule has 1 unspecified atom stereocenters. The summed E-state index contributed by atoms with van der Waals surface area (Å²) in [4.78, 5) is 30.4. The van der Waals surface area contributed by atoms with Crippen molar-refractivity contribution >= 4 is 23.5 Å². The lowest BCUT2D eigenvalue weighted by Crippen LogP contribution is -2.46. The van der Waals surface area contributed by atoms with Gasteiger partial charge in [0, 0.05) is 10.6 Å². The number of urea groups is 1. The van der Waals surface area contributed by atoms with E-state index >= 15 is 0 Å². The smallest absolute Gasteiger partial charge is 0.325 e. The lowest BCUT2D eigenvalue weighted by molar-refractivity contribution is -0.131. The number of hydrogen-bond acceptors (Lipinski definition) is 4. The minimum atomic E-state index is -0.781. The molecule has 0 radical (unpaired) electrons. The van der Waals surface area contributed by atoms with Crippen molar-refractivity contribution in [1.82, 2.24) is 15.2 Å². The van der Waals surface area contributed by atoms with Gasteiger partial charge >= 0.3 is 6.03 Å². The standard InChI is InChI=1S/C17H16ClN3O3/c1-17(11-5-6-11)15(22)21(16(23)20-17)8-13-9-24-14(19-13)10-3-2-4-12(18)7-10/h2-4,7,9,11H,5-6,8H2,1H3,(H,20,23). The molecule has 2 fully saturated rings. The molecule has 124 valence electrons. The Morgan fingerprint density at radius 1 is 1.42 bits per heavy atom. The predicted molar refractivity (Wildman–Crippen MR) is 87.2 cm³/mol. The Labute approximate surface area is 143 Å². The van der Waals surface area contributed by atoms with Crippen molar-refractivity contribution in [3.8, 4) is 11.5 Å². The molecule has 1 aromatic heterocycles. The Bertz CT molecular complexity index is 830. The molecule has 2 heterocycles. The van der Waals surface area contributed by atoms with Gasteiger partial charge in [0.25, 0.3) is 5.91 Å². The van der Waals surface area contributed by atoms with E-state index in [2.05, 4.69) is 10.3 Å². The first-order valence-corrected chi connectivity index (χ1v) is 8.19. The monoisotopic (exact) mass is 345 g/mol. The normalized spacial score (nSPS) is 23.7. The van der Waals surface area contributed by atoms with E-state index < -0.39 is 5.54 Å². The average Bonchev–Trinajstić information content (AvgIpc) is 3.27. The quantitative estimate of drug-likeness (QED) is 0.863. The van der Waals surface area contributed by atoms with Crippen molar-refractivity contribution in [2.45, 2.75) is 31.8 Å². The fourth-order valence-corrected chi connectivity index (χ4v) is 3.28. The number of carbonyl (C=O) groups excluding carboxylic acids is 2. The molecule has 1 aliphatic carbocycles. The second-order valence-electron chi connectivity index (χ2n) is 6.45. The first-order chi connectivity index (χ1) is 11.5. The molecule has 1 aliphatic heterocycles. The van der Waals surface area contributed by atoms with E-state index in [0.717, 1.165) is 18.4 Å². The van der Waals surface area contributed by atoms with Gasteiger partial charge in [0.1, 0.15) is 11.8 Å². The minimum absolute atomic E-state index is 0.0943. The molecule has 2 aliphatic rings. The molecule has 3 amide bonds.